The molecule has 1 aromatic heterocycles. The number of para-hydroxylation sites is 1. The minimum atomic E-state index is -0.302. The first-order valence-electron chi connectivity index (χ1n) is 13.0. The molecule has 2 heterocycles. The monoisotopic (exact) mass is 485 g/mol. The Hall–Kier alpha value is -2.67. The quantitative estimate of drug-likeness (QED) is 0.390. The first-order valence-corrected chi connectivity index (χ1v) is 13.0. The summed E-state index contributed by atoms with van der Waals surface area (Å²) in [7, 11) is 6.08. The molecular weight excluding hydrogens is 436 g/mol. The Kier molecular flexibility index (Phi) is 12.2. The molecular formula is C28H49N6O+. The van der Waals surface area contributed by atoms with Crippen molar-refractivity contribution in [1.29, 1.82) is 0 Å². The normalized spacial score (nSPS) is 13.7. The molecule has 0 aliphatic carbocycles. The Morgan fingerprint density at radius 2 is 1.60 bits per heavy atom. The average Bonchev–Trinajstić information content (AvgIpc) is 2.82. The van der Waals surface area contributed by atoms with E-state index in [1.54, 1.807) is 0 Å². The van der Waals surface area contributed by atoms with Crippen molar-refractivity contribution < 1.29 is 9.37 Å². The molecule has 0 radical (unpaired) electrons. The van der Waals surface area contributed by atoms with Crippen LogP contribution in [0.1, 0.15) is 70.1 Å². The molecule has 2 aromatic rings. The molecule has 1 fully saturated rings. The molecule has 0 atom stereocenters. The summed E-state index contributed by atoms with van der Waals surface area (Å²) in [6, 6.07) is 7.94. The average molecular weight is 486 g/mol. The zero-order valence-electron chi connectivity index (χ0n) is 24.0. The fourth-order valence-corrected chi connectivity index (χ4v) is 4.24. The topological polar surface area (TPSA) is 63.5 Å². The lowest BCUT2D eigenvalue weighted by molar-refractivity contribution is -0.472. The van der Waals surface area contributed by atoms with E-state index in [-0.39, 0.29) is 11.4 Å². The van der Waals surface area contributed by atoms with E-state index in [4.69, 9.17) is 4.98 Å². The third-order valence-electron chi connectivity index (χ3n) is 5.62. The van der Waals surface area contributed by atoms with E-state index in [9.17, 15) is 4.79 Å². The van der Waals surface area contributed by atoms with Crippen LogP contribution in [0.3, 0.4) is 0 Å². The van der Waals surface area contributed by atoms with Crippen LogP contribution in [-0.4, -0.2) is 84.1 Å². The number of aryl methyl sites for hydroxylation is 1. The summed E-state index contributed by atoms with van der Waals surface area (Å²) >= 11 is 0. The standard InChI is InChI=1S/C24H36N6O.2C2H6/c1-17-19(16-29-12-14-30(15-13-29)23(25-5)28(6)7)21(22(31)27-24(2,3)4)18-10-8-9-11-20(18)26-17;2*1-2/h8-11H,12-16H2,1-7H3,(H,27,31);2*1-2H3/p+1. The molecule has 196 valence electrons. The van der Waals surface area contributed by atoms with Crippen LogP contribution in [0.4, 0.5) is 0 Å². The van der Waals surface area contributed by atoms with Crippen LogP contribution >= 0.6 is 0 Å². The largest absolute Gasteiger partial charge is 0.347 e. The van der Waals surface area contributed by atoms with Gasteiger partial charge in [-0.2, -0.15) is 0 Å². The maximum atomic E-state index is 13.4. The predicted octanol–water partition coefficient (Wildman–Crippen LogP) is 4.09. The van der Waals surface area contributed by atoms with Gasteiger partial charge in [0.2, 0.25) is 0 Å². The molecule has 2 N–H and O–H groups in total. The molecule has 0 unspecified atom stereocenters. The Labute approximate surface area is 213 Å². The van der Waals surface area contributed by atoms with Crippen molar-refractivity contribution in [3.63, 3.8) is 0 Å². The van der Waals surface area contributed by atoms with Crippen molar-refractivity contribution in [2.75, 3.05) is 47.3 Å². The van der Waals surface area contributed by atoms with Crippen molar-refractivity contribution in [3.05, 3.63) is 41.1 Å². The zero-order valence-corrected chi connectivity index (χ0v) is 24.0. The van der Waals surface area contributed by atoms with Crippen LogP contribution in [0.25, 0.3) is 10.9 Å². The van der Waals surface area contributed by atoms with Gasteiger partial charge < -0.3 is 5.32 Å². The summed E-state index contributed by atoms with van der Waals surface area (Å²) in [4.78, 5) is 23.0. The predicted molar refractivity (Wildman–Crippen MR) is 149 cm³/mol. The first kappa shape index (κ1) is 30.4. The van der Waals surface area contributed by atoms with Gasteiger partial charge >= 0.3 is 5.96 Å². The van der Waals surface area contributed by atoms with Crippen LogP contribution in [0, 0.1) is 6.92 Å². The fourth-order valence-electron chi connectivity index (χ4n) is 4.24. The number of benzene rings is 1. The number of guanidine groups is 1. The Morgan fingerprint density at radius 1 is 1.03 bits per heavy atom. The summed E-state index contributed by atoms with van der Waals surface area (Å²) < 4.78 is 2.11. The molecule has 0 spiro atoms. The van der Waals surface area contributed by atoms with Gasteiger partial charge in [-0.1, -0.05) is 45.9 Å². The summed E-state index contributed by atoms with van der Waals surface area (Å²) in [6.45, 7) is 20.5. The molecule has 35 heavy (non-hydrogen) atoms. The highest BCUT2D eigenvalue weighted by Gasteiger charge is 2.28. The van der Waals surface area contributed by atoms with Crippen molar-refractivity contribution in [2.45, 2.75) is 67.5 Å². The highest BCUT2D eigenvalue weighted by atomic mass is 16.1. The number of nitrogens with one attached hydrogen (secondary N) is 2. The number of nitrogens with zero attached hydrogens (tertiary/aromatic N) is 4. The molecule has 1 saturated heterocycles. The minimum Gasteiger partial charge on any atom is -0.347 e. The smallest absolute Gasteiger partial charge is 0.347 e. The molecule has 3 rings (SSSR count). The molecule has 1 aliphatic rings. The van der Waals surface area contributed by atoms with Crippen molar-refractivity contribution in [1.82, 2.24) is 25.4 Å². The van der Waals surface area contributed by atoms with Gasteiger partial charge in [0.15, 0.2) is 0 Å². The number of piperazine rings is 1. The van der Waals surface area contributed by atoms with Gasteiger partial charge in [-0.05, 0) is 33.8 Å². The third-order valence-corrected chi connectivity index (χ3v) is 5.62. The molecule has 7 nitrogen and oxygen atoms in total. The van der Waals surface area contributed by atoms with Crippen LogP contribution in [0.5, 0.6) is 0 Å². The Balaban J connectivity index is 0.00000145. The fraction of sp³-hybridized carbons (Fsp3) is 0.607. The van der Waals surface area contributed by atoms with Crippen LogP contribution in [0.2, 0.25) is 0 Å². The highest BCUT2D eigenvalue weighted by molar-refractivity contribution is 6.07. The van der Waals surface area contributed by atoms with Gasteiger partial charge in [0.25, 0.3) is 5.91 Å². The van der Waals surface area contributed by atoms with Gasteiger partial charge in [0.1, 0.15) is 0 Å². The Bertz CT molecular complexity index is 981. The first-order chi connectivity index (χ1) is 16.6. The maximum absolute atomic E-state index is 13.4. The zero-order chi connectivity index (χ0) is 26.8. The molecule has 0 bridgehead atoms. The van der Waals surface area contributed by atoms with Crippen LogP contribution in [0.15, 0.2) is 24.3 Å². The number of rotatable bonds is 3. The number of pyridine rings is 1. The van der Waals surface area contributed by atoms with Gasteiger partial charge in [-0.25, -0.2) is 0 Å². The molecule has 1 amide bonds. The van der Waals surface area contributed by atoms with Crippen molar-refractivity contribution in [3.8, 4) is 0 Å². The second-order valence-electron chi connectivity index (χ2n) is 9.50. The van der Waals surface area contributed by atoms with Crippen LogP contribution in [-0.2, 0) is 6.54 Å². The van der Waals surface area contributed by atoms with Crippen molar-refractivity contribution >= 4 is 22.8 Å². The number of fused-ring (bicyclic) bond motifs is 1. The second kappa shape index (κ2) is 14.0. The van der Waals surface area contributed by atoms with E-state index in [2.05, 4.69) is 39.1 Å². The molecule has 0 saturated carbocycles. The van der Waals surface area contributed by atoms with Gasteiger partial charge in [-0.3, -0.25) is 29.5 Å². The second-order valence-corrected chi connectivity index (χ2v) is 9.50. The van der Waals surface area contributed by atoms with Crippen LogP contribution < -0.4 is 10.6 Å². The summed E-state index contributed by atoms with van der Waals surface area (Å²) in [6.07, 6.45) is 0. The number of hydrogen-bond donors (Lipinski definition) is 2. The van der Waals surface area contributed by atoms with E-state index in [1.165, 1.54) is 0 Å². The molecule has 1 aromatic carbocycles. The van der Waals surface area contributed by atoms with E-state index >= 15 is 0 Å². The van der Waals surface area contributed by atoms with E-state index < -0.39 is 0 Å². The summed E-state index contributed by atoms with van der Waals surface area (Å²) in [5.74, 6) is 1.11. The third kappa shape index (κ3) is 8.20. The SMILES string of the molecule is CC.CC.CNC(N1CCN(Cc2c(C)nc3ccccc3c2C(=O)NC(C)(C)C)CC1)=[N+](C)C. The number of hydrogen-bond acceptors (Lipinski definition) is 3. The lowest BCUT2D eigenvalue weighted by Gasteiger charge is -2.33. The van der Waals surface area contributed by atoms with Crippen molar-refractivity contribution in [2.24, 2.45) is 0 Å². The molecule has 1 aliphatic heterocycles. The summed E-state index contributed by atoms with van der Waals surface area (Å²) in [5.41, 5.74) is 3.28. The van der Waals surface area contributed by atoms with Gasteiger partial charge in [0.05, 0.1) is 45.3 Å². The van der Waals surface area contributed by atoms with E-state index in [1.807, 2.05) is 86.7 Å². The lowest BCUT2D eigenvalue weighted by atomic mass is 9.97. The number of aromatic nitrogens is 1. The minimum absolute atomic E-state index is 0.0266. The number of amides is 1. The number of carbonyl (C=O) groups is 1. The summed E-state index contributed by atoms with van der Waals surface area (Å²) in [5, 5.41) is 7.38. The Morgan fingerprint density at radius 3 is 2.11 bits per heavy atom. The van der Waals surface area contributed by atoms with Gasteiger partial charge in [0, 0.05) is 41.8 Å². The maximum Gasteiger partial charge on any atom is 0.347 e. The van der Waals surface area contributed by atoms with Gasteiger partial charge in [-0.15, -0.1) is 0 Å². The number of carbonyl (C=O) groups excluding carboxylic acids is 1. The molecule has 7 heteroatoms. The highest BCUT2D eigenvalue weighted by Crippen LogP contribution is 2.26. The van der Waals surface area contributed by atoms with E-state index in [0.717, 1.165) is 66.4 Å². The lowest BCUT2D eigenvalue weighted by Crippen LogP contribution is -2.53. The van der Waals surface area contributed by atoms with E-state index in [0.29, 0.717) is 0 Å².